The fourth-order valence-corrected chi connectivity index (χ4v) is 0.260. The lowest BCUT2D eigenvalue weighted by Crippen LogP contribution is -1.99. The van der Waals surface area contributed by atoms with Gasteiger partial charge in [-0.1, -0.05) is 0 Å². The van der Waals surface area contributed by atoms with E-state index in [0.717, 1.165) is 0 Å². The third kappa shape index (κ3) is 5.42. The molecule has 0 aliphatic heterocycles. The second-order valence-corrected chi connectivity index (χ2v) is 1.17. The van der Waals surface area contributed by atoms with E-state index in [9.17, 15) is 0 Å². The van der Waals surface area contributed by atoms with Crippen LogP contribution in [0.4, 0.5) is 0 Å². The van der Waals surface area contributed by atoms with Crippen molar-refractivity contribution in [1.82, 2.24) is 0 Å². The Balaban J connectivity index is 2.80. The van der Waals surface area contributed by atoms with Gasteiger partial charge in [0, 0.05) is 0 Å². The maximum atomic E-state index is 4.70. The van der Waals surface area contributed by atoms with Crippen LogP contribution in [-0.4, -0.2) is 6.61 Å². The van der Waals surface area contributed by atoms with E-state index >= 15 is 0 Å². The molecule has 0 saturated heterocycles. The lowest BCUT2D eigenvalue weighted by molar-refractivity contribution is 0.142. The summed E-state index contributed by atoms with van der Waals surface area (Å²) in [4.78, 5) is 8.35. The number of nitrogens with two attached hydrogens (primary N) is 2. The van der Waals surface area contributed by atoms with Crippen molar-refractivity contribution >= 4 is 0 Å². The van der Waals surface area contributed by atoms with Crippen molar-refractivity contribution in [2.45, 2.75) is 6.42 Å². The third-order valence-corrected chi connectivity index (χ3v) is 0.577. The molecule has 0 fully saturated rings. The van der Waals surface area contributed by atoms with E-state index in [2.05, 4.69) is 15.6 Å². The summed E-state index contributed by atoms with van der Waals surface area (Å²) >= 11 is 0. The van der Waals surface area contributed by atoms with Crippen molar-refractivity contribution in [3.63, 3.8) is 0 Å². The van der Waals surface area contributed by atoms with E-state index < -0.39 is 0 Å². The summed E-state index contributed by atoms with van der Waals surface area (Å²) in [5, 5.41) is 0. The van der Waals surface area contributed by atoms with Gasteiger partial charge < -0.3 is 9.68 Å². The van der Waals surface area contributed by atoms with Crippen LogP contribution in [0, 0.1) is 0 Å². The molecule has 0 bridgehead atoms. The normalized spacial score (nSPS) is 10.2. The van der Waals surface area contributed by atoms with Crippen molar-refractivity contribution in [2.24, 2.45) is 11.8 Å². The maximum Gasteiger partial charge on any atom is 0.107 e. The van der Waals surface area contributed by atoms with Gasteiger partial charge in [0.2, 0.25) is 0 Å². The zero-order valence-electron chi connectivity index (χ0n) is 4.54. The molecule has 8 heavy (non-hydrogen) atoms. The summed E-state index contributed by atoms with van der Waals surface area (Å²) in [5.41, 5.74) is 0. The molecule has 4 nitrogen and oxygen atoms in total. The first-order valence-electron chi connectivity index (χ1n) is 2.24. The Hall–Kier alpha value is -0.580. The van der Waals surface area contributed by atoms with E-state index in [-0.39, 0.29) is 0 Å². The smallest absolute Gasteiger partial charge is 0.107 e. The first kappa shape index (κ1) is 7.42. The summed E-state index contributed by atoms with van der Waals surface area (Å²) in [5.74, 6) is 9.36. The molecule has 0 aromatic carbocycles. The van der Waals surface area contributed by atoms with E-state index in [0.29, 0.717) is 13.0 Å². The molecule has 0 radical (unpaired) electrons. The van der Waals surface area contributed by atoms with Gasteiger partial charge in [-0.15, -0.1) is 0 Å². The van der Waals surface area contributed by atoms with Gasteiger partial charge >= 0.3 is 0 Å². The van der Waals surface area contributed by atoms with Gasteiger partial charge in [-0.05, 0) is 12.5 Å². The highest BCUT2D eigenvalue weighted by Crippen LogP contribution is 1.79. The van der Waals surface area contributed by atoms with Gasteiger partial charge in [-0.3, -0.25) is 0 Å². The summed E-state index contributed by atoms with van der Waals surface area (Å²) in [6.07, 6.45) is 3.81. The highest BCUT2D eigenvalue weighted by molar-refractivity contribution is 4.71. The van der Waals surface area contributed by atoms with Crippen LogP contribution in [0.15, 0.2) is 12.3 Å². The Kier molecular flexibility index (Phi) is 5.95. The monoisotopic (exact) mass is 118 g/mol. The molecule has 0 aliphatic rings. The Morgan fingerprint density at radius 3 is 2.62 bits per heavy atom. The summed E-state index contributed by atoms with van der Waals surface area (Å²) in [7, 11) is 0. The van der Waals surface area contributed by atoms with Gasteiger partial charge in [0.05, 0.1) is 6.61 Å². The first-order valence-corrected chi connectivity index (χ1v) is 2.24. The highest BCUT2D eigenvalue weighted by Gasteiger charge is 1.75. The first-order chi connectivity index (χ1) is 3.91. The Morgan fingerprint density at radius 1 is 1.38 bits per heavy atom. The predicted molar refractivity (Wildman–Crippen MR) is 29.2 cm³/mol. The van der Waals surface area contributed by atoms with Crippen LogP contribution in [0.1, 0.15) is 6.42 Å². The molecule has 48 valence electrons. The van der Waals surface area contributed by atoms with E-state index in [1.165, 1.54) is 6.26 Å². The fourth-order valence-electron chi connectivity index (χ4n) is 0.260. The minimum atomic E-state index is 0.486. The maximum absolute atomic E-state index is 4.70. The Labute approximate surface area is 48.0 Å². The van der Waals surface area contributed by atoms with Gasteiger partial charge in [-0.2, -0.15) is 5.90 Å². The number of hydrogen-bond acceptors (Lipinski definition) is 4. The lowest BCUT2D eigenvalue weighted by atomic mass is 10.4. The number of hydrogen-bond donors (Lipinski definition) is 2. The average Bonchev–Trinajstić information content (AvgIpc) is 1.81. The van der Waals surface area contributed by atoms with Crippen molar-refractivity contribution in [1.29, 1.82) is 0 Å². The summed E-state index contributed by atoms with van der Waals surface area (Å²) in [6.45, 7) is 0.486. The van der Waals surface area contributed by atoms with Gasteiger partial charge in [0.1, 0.15) is 6.26 Å². The van der Waals surface area contributed by atoms with Crippen molar-refractivity contribution < 1.29 is 9.68 Å². The fraction of sp³-hybridized carbons (Fsp3) is 0.500. The van der Waals surface area contributed by atoms with Crippen molar-refractivity contribution in [2.75, 3.05) is 6.61 Å². The zero-order chi connectivity index (χ0) is 6.24. The standard InChI is InChI=1S/C4H10N2O2/c5-7-3-1-2-4-8-6/h1,3H,2,4-6H2. The van der Waals surface area contributed by atoms with E-state index in [4.69, 9.17) is 5.90 Å². The second-order valence-electron chi connectivity index (χ2n) is 1.17. The molecule has 4 N–H and O–H groups in total. The molecular formula is C4H10N2O2. The third-order valence-electron chi connectivity index (χ3n) is 0.577. The Bertz CT molecular complexity index is 65.1. The molecule has 0 aromatic rings. The minimum absolute atomic E-state index is 0.486. The molecule has 0 heterocycles. The average molecular weight is 118 g/mol. The molecule has 0 rings (SSSR count). The quantitative estimate of drug-likeness (QED) is 0.301. The SMILES string of the molecule is NOC=CCCON. The predicted octanol–water partition coefficient (Wildman–Crippen LogP) is -0.329. The topological polar surface area (TPSA) is 70.5 Å². The summed E-state index contributed by atoms with van der Waals surface area (Å²) < 4.78 is 0. The number of rotatable bonds is 4. The van der Waals surface area contributed by atoms with Gasteiger partial charge in [0.25, 0.3) is 0 Å². The molecule has 4 heteroatoms. The largest absolute Gasteiger partial charge is 0.420 e. The minimum Gasteiger partial charge on any atom is -0.420 e. The molecule has 0 saturated carbocycles. The van der Waals surface area contributed by atoms with Crippen LogP contribution in [0.2, 0.25) is 0 Å². The van der Waals surface area contributed by atoms with Gasteiger partial charge in [0.15, 0.2) is 0 Å². The summed E-state index contributed by atoms with van der Waals surface area (Å²) in [6, 6.07) is 0. The van der Waals surface area contributed by atoms with E-state index in [1.54, 1.807) is 6.08 Å². The van der Waals surface area contributed by atoms with Crippen molar-refractivity contribution in [3.8, 4) is 0 Å². The molecule has 0 aromatic heterocycles. The van der Waals surface area contributed by atoms with Crippen LogP contribution < -0.4 is 11.8 Å². The molecule has 0 atom stereocenters. The highest BCUT2D eigenvalue weighted by atomic mass is 16.6. The van der Waals surface area contributed by atoms with E-state index in [1.807, 2.05) is 0 Å². The van der Waals surface area contributed by atoms with Crippen LogP contribution >= 0.6 is 0 Å². The second kappa shape index (κ2) is 6.42. The van der Waals surface area contributed by atoms with Crippen LogP contribution in [0.25, 0.3) is 0 Å². The molecule has 0 aliphatic carbocycles. The zero-order valence-corrected chi connectivity index (χ0v) is 4.54. The Morgan fingerprint density at radius 2 is 2.12 bits per heavy atom. The molecular weight excluding hydrogens is 108 g/mol. The molecule has 0 amide bonds. The lowest BCUT2D eigenvalue weighted by Gasteiger charge is -1.88. The van der Waals surface area contributed by atoms with Crippen LogP contribution in [0.5, 0.6) is 0 Å². The van der Waals surface area contributed by atoms with Gasteiger partial charge in [-0.25, -0.2) is 5.90 Å². The molecule has 0 unspecified atom stereocenters. The van der Waals surface area contributed by atoms with Crippen LogP contribution in [-0.2, 0) is 9.68 Å². The van der Waals surface area contributed by atoms with Crippen molar-refractivity contribution in [3.05, 3.63) is 12.3 Å². The molecule has 0 spiro atoms. The van der Waals surface area contributed by atoms with Crippen LogP contribution in [0.3, 0.4) is 0 Å².